The fraction of sp³-hybridized carbons (Fsp3) is 0.393. The summed E-state index contributed by atoms with van der Waals surface area (Å²) in [5, 5.41) is 14.2. The van der Waals surface area contributed by atoms with E-state index in [1.54, 1.807) is 18.4 Å². The van der Waals surface area contributed by atoms with Gasteiger partial charge in [0.15, 0.2) is 0 Å². The van der Waals surface area contributed by atoms with E-state index in [0.29, 0.717) is 0 Å². The van der Waals surface area contributed by atoms with E-state index in [4.69, 9.17) is 4.74 Å². The average Bonchev–Trinajstić information content (AvgIpc) is 3.16. The summed E-state index contributed by atoms with van der Waals surface area (Å²) in [6.45, 7) is 4.08. The average molecular weight is 481 g/mol. The first-order valence-electron chi connectivity index (χ1n) is 12.0. The molecule has 3 aromatic rings. The number of hydrogen-bond donors (Lipinski definition) is 2. The van der Waals surface area contributed by atoms with E-state index in [9.17, 15) is 9.50 Å². The quantitative estimate of drug-likeness (QED) is 0.350. The summed E-state index contributed by atoms with van der Waals surface area (Å²) in [7, 11) is 0. The molecular weight excluding hydrogens is 447 g/mol. The van der Waals surface area contributed by atoms with Crippen molar-refractivity contribution in [2.45, 2.75) is 63.8 Å². The number of hydrogen-bond acceptors (Lipinski definition) is 4. The van der Waals surface area contributed by atoms with Crippen LogP contribution in [0, 0.1) is 5.82 Å². The van der Waals surface area contributed by atoms with Crippen LogP contribution in [0.15, 0.2) is 60.3 Å². The van der Waals surface area contributed by atoms with Crippen molar-refractivity contribution in [1.29, 1.82) is 0 Å². The van der Waals surface area contributed by atoms with Crippen LogP contribution in [0.1, 0.15) is 55.5 Å². The molecule has 1 aromatic heterocycles. The molecule has 6 heteroatoms. The molecule has 34 heavy (non-hydrogen) atoms. The molecule has 1 unspecified atom stereocenters. The summed E-state index contributed by atoms with van der Waals surface area (Å²) in [6.07, 6.45) is 10.6. The second-order valence-corrected chi connectivity index (χ2v) is 8.64. The van der Waals surface area contributed by atoms with Gasteiger partial charge in [-0.3, -0.25) is 0 Å². The fourth-order valence-electron chi connectivity index (χ4n) is 5.53. The minimum absolute atomic E-state index is 0.0757. The Labute approximate surface area is 206 Å². The van der Waals surface area contributed by atoms with Crippen LogP contribution < -0.4 is 0 Å². The summed E-state index contributed by atoms with van der Waals surface area (Å²) in [4.78, 5) is 0. The van der Waals surface area contributed by atoms with E-state index in [0.717, 1.165) is 49.0 Å². The van der Waals surface area contributed by atoms with Gasteiger partial charge in [0.2, 0.25) is 0 Å². The third-order valence-corrected chi connectivity index (χ3v) is 7.18. The Morgan fingerprint density at radius 1 is 1.09 bits per heavy atom. The van der Waals surface area contributed by atoms with E-state index in [1.165, 1.54) is 28.8 Å². The number of benzene rings is 2. The minimum atomic E-state index is -0.244. The highest BCUT2D eigenvalue weighted by Crippen LogP contribution is 2.67. The highest BCUT2D eigenvalue weighted by atomic mass is 32.1. The van der Waals surface area contributed by atoms with Gasteiger partial charge in [-0.2, -0.15) is 17.7 Å². The highest BCUT2D eigenvalue weighted by Gasteiger charge is 2.74. The number of aryl methyl sites for hydroxylation is 1. The predicted octanol–water partition coefficient (Wildman–Crippen LogP) is 5.95. The van der Waals surface area contributed by atoms with Crippen molar-refractivity contribution >= 4 is 18.7 Å². The Hall–Kier alpha value is -2.41. The van der Waals surface area contributed by atoms with Crippen LogP contribution in [0.5, 0.6) is 0 Å². The maximum absolute atomic E-state index is 13.3. The molecule has 1 saturated carbocycles. The second-order valence-electron chi connectivity index (χ2n) is 8.64. The van der Waals surface area contributed by atoms with Gasteiger partial charge < -0.3 is 9.84 Å². The van der Waals surface area contributed by atoms with Crippen LogP contribution >= 0.6 is 12.6 Å². The van der Waals surface area contributed by atoms with E-state index in [2.05, 4.69) is 29.9 Å². The van der Waals surface area contributed by atoms with Crippen LogP contribution in [0.4, 0.5) is 4.39 Å². The topological polar surface area (TPSA) is 50.6 Å². The van der Waals surface area contributed by atoms with Crippen molar-refractivity contribution in [2.24, 2.45) is 0 Å². The summed E-state index contributed by atoms with van der Waals surface area (Å²) in [6, 6.07) is 14.6. The van der Waals surface area contributed by atoms with Gasteiger partial charge in [0, 0.05) is 12.0 Å². The molecule has 0 bridgehead atoms. The fourth-order valence-corrected chi connectivity index (χ4v) is 5.53. The predicted molar refractivity (Wildman–Crippen MR) is 138 cm³/mol. The Bertz CT molecular complexity index is 1170. The van der Waals surface area contributed by atoms with Crippen molar-refractivity contribution in [3.8, 4) is 5.69 Å². The Morgan fingerprint density at radius 3 is 2.50 bits per heavy atom. The van der Waals surface area contributed by atoms with Crippen molar-refractivity contribution < 1.29 is 14.2 Å². The maximum Gasteiger partial charge on any atom is 0.123 e. The SMILES string of the molecule is CC.CS.OCc1ccccc1CC[C@]12CCC3=Cc4c(cnn4-c4ccc(F)cc4)CC31O2. The lowest BCUT2D eigenvalue weighted by molar-refractivity contribution is 0.234. The zero-order chi connectivity index (χ0) is 24.3. The lowest BCUT2D eigenvalue weighted by Crippen LogP contribution is -2.27. The molecular formula is C28H33FN2O2S. The number of rotatable bonds is 5. The van der Waals surface area contributed by atoms with E-state index < -0.39 is 0 Å². The van der Waals surface area contributed by atoms with Crippen LogP contribution in [0.2, 0.25) is 0 Å². The molecule has 2 atom stereocenters. The molecule has 2 fully saturated rings. The molecule has 6 rings (SSSR count). The summed E-state index contributed by atoms with van der Waals surface area (Å²) in [5.41, 5.74) is 6.41. The number of aromatic nitrogens is 2. The van der Waals surface area contributed by atoms with Gasteiger partial charge in [-0.15, -0.1) is 0 Å². The van der Waals surface area contributed by atoms with Crippen molar-refractivity contribution in [2.75, 3.05) is 6.26 Å². The number of epoxide rings is 1. The zero-order valence-corrected chi connectivity index (χ0v) is 21.0. The molecule has 1 saturated heterocycles. The number of aliphatic hydroxyl groups excluding tert-OH is 1. The number of halogens is 1. The number of aliphatic hydroxyl groups is 1. The largest absolute Gasteiger partial charge is 0.392 e. The summed E-state index contributed by atoms with van der Waals surface area (Å²) in [5.74, 6) is -0.244. The minimum Gasteiger partial charge on any atom is -0.392 e. The van der Waals surface area contributed by atoms with Crippen LogP contribution in [0.3, 0.4) is 0 Å². The number of ether oxygens (including phenoxy) is 1. The lowest BCUT2D eigenvalue weighted by Gasteiger charge is -2.20. The Kier molecular flexibility index (Phi) is 7.31. The first kappa shape index (κ1) is 24.7. The third-order valence-electron chi connectivity index (χ3n) is 7.18. The van der Waals surface area contributed by atoms with Crippen LogP contribution in [0.25, 0.3) is 11.8 Å². The maximum atomic E-state index is 13.3. The molecule has 1 aliphatic heterocycles. The van der Waals surface area contributed by atoms with Gasteiger partial charge in [-0.1, -0.05) is 38.1 Å². The Morgan fingerprint density at radius 2 is 1.79 bits per heavy atom. The van der Waals surface area contributed by atoms with Gasteiger partial charge in [0.1, 0.15) is 17.0 Å². The van der Waals surface area contributed by atoms with Gasteiger partial charge in [-0.25, -0.2) is 9.07 Å². The highest BCUT2D eigenvalue weighted by molar-refractivity contribution is 7.79. The molecule has 0 amide bonds. The van der Waals surface area contributed by atoms with Gasteiger partial charge in [0.05, 0.1) is 24.2 Å². The number of nitrogens with zero attached hydrogens (tertiary/aromatic N) is 2. The second kappa shape index (κ2) is 10.1. The monoisotopic (exact) mass is 480 g/mol. The number of thiol groups is 1. The van der Waals surface area contributed by atoms with Crippen LogP contribution in [-0.4, -0.2) is 32.3 Å². The molecule has 3 aliphatic rings. The molecule has 1 N–H and O–H groups in total. The van der Waals surface area contributed by atoms with Crippen LogP contribution in [-0.2, 0) is 24.2 Å². The standard InChI is InChI=1S/C25H23FN2O2.C2H6.CH4S/c26-21-5-7-22(8-6-21)28-23-13-20-10-12-24(25(20,30-24)14-19(23)15-27-28)11-9-17-3-1-2-4-18(17)16-29;2*1-2/h1-8,13,15,29H,9-12,14,16H2;1-2H3;2H,1H3/t24-,25?;;/m0../s1. The van der Waals surface area contributed by atoms with Crippen molar-refractivity contribution in [1.82, 2.24) is 9.78 Å². The van der Waals surface area contributed by atoms with Gasteiger partial charge in [-0.05, 0) is 79.0 Å². The molecule has 4 nitrogen and oxygen atoms in total. The van der Waals surface area contributed by atoms with Crippen molar-refractivity contribution in [3.05, 3.63) is 88.5 Å². The molecule has 1 spiro atoms. The van der Waals surface area contributed by atoms with Gasteiger partial charge >= 0.3 is 0 Å². The number of fused-ring (bicyclic) bond motifs is 1. The molecule has 0 radical (unpaired) electrons. The van der Waals surface area contributed by atoms with Crippen molar-refractivity contribution in [3.63, 3.8) is 0 Å². The summed E-state index contributed by atoms with van der Waals surface area (Å²) >= 11 is 3.53. The first-order chi connectivity index (χ1) is 16.6. The smallest absolute Gasteiger partial charge is 0.123 e. The van der Waals surface area contributed by atoms with E-state index >= 15 is 0 Å². The zero-order valence-electron chi connectivity index (χ0n) is 20.1. The normalized spacial score (nSPS) is 23.3. The molecule has 2 aromatic carbocycles. The van der Waals surface area contributed by atoms with Gasteiger partial charge in [0.25, 0.3) is 0 Å². The first-order valence-corrected chi connectivity index (χ1v) is 12.9. The third kappa shape index (κ3) is 4.02. The molecule has 2 heterocycles. The molecule has 2 aliphatic carbocycles. The summed E-state index contributed by atoms with van der Waals surface area (Å²) < 4.78 is 21.7. The Balaban J connectivity index is 0.000000652. The molecule has 180 valence electrons. The van der Waals surface area contributed by atoms with E-state index in [1.807, 2.05) is 42.9 Å². The van der Waals surface area contributed by atoms with E-state index in [-0.39, 0.29) is 23.6 Å². The lowest BCUT2D eigenvalue weighted by atomic mass is 9.81.